The number of nitrogens with zero attached hydrogens (tertiary/aromatic N) is 4. The summed E-state index contributed by atoms with van der Waals surface area (Å²) in [6.07, 6.45) is 2.03. The minimum atomic E-state index is 0.138. The number of benzene rings is 2. The molecule has 6 nitrogen and oxygen atoms in total. The third-order valence-corrected chi connectivity index (χ3v) is 9.16. The summed E-state index contributed by atoms with van der Waals surface area (Å²) in [7, 11) is 0. The Kier molecular flexibility index (Phi) is 6.52. The van der Waals surface area contributed by atoms with E-state index in [1.54, 1.807) is 22.7 Å². The molecule has 2 atom stereocenters. The van der Waals surface area contributed by atoms with Gasteiger partial charge in [-0.15, -0.1) is 20.4 Å². The van der Waals surface area contributed by atoms with Crippen LogP contribution in [0.2, 0.25) is 0 Å². The van der Waals surface area contributed by atoms with Crippen molar-refractivity contribution in [2.45, 2.75) is 32.6 Å². The Morgan fingerprint density at radius 3 is 1.94 bits per heavy atom. The molecule has 2 N–H and O–H groups in total. The molecule has 1 aliphatic rings. The van der Waals surface area contributed by atoms with Crippen molar-refractivity contribution in [2.24, 2.45) is 11.3 Å². The van der Waals surface area contributed by atoms with Gasteiger partial charge in [-0.1, -0.05) is 68.4 Å². The molecule has 1 fully saturated rings. The van der Waals surface area contributed by atoms with E-state index in [2.05, 4.69) is 76.7 Å². The molecule has 0 amide bonds. The molecule has 0 aliphatic heterocycles. The lowest BCUT2D eigenvalue weighted by atomic mass is 9.54. The number of anilines is 4. The molecule has 2 unspecified atom stereocenters. The van der Waals surface area contributed by atoms with Gasteiger partial charge in [0.15, 0.2) is 0 Å². The summed E-state index contributed by atoms with van der Waals surface area (Å²) in [6, 6.07) is 16.1. The second kappa shape index (κ2) is 9.40. The van der Waals surface area contributed by atoms with Crippen molar-refractivity contribution in [1.29, 1.82) is 0 Å². The van der Waals surface area contributed by atoms with E-state index >= 15 is 0 Å². The van der Waals surface area contributed by atoms with Gasteiger partial charge in [-0.05, 0) is 66.3 Å². The van der Waals surface area contributed by atoms with Crippen molar-refractivity contribution in [2.75, 3.05) is 10.6 Å². The van der Waals surface area contributed by atoms with Gasteiger partial charge in [0.05, 0.1) is 0 Å². The maximum Gasteiger partial charge on any atom is 0.210 e. The molecule has 4 aromatic rings. The maximum absolute atomic E-state index is 4.50. The van der Waals surface area contributed by atoms with E-state index in [0.717, 1.165) is 53.4 Å². The van der Waals surface area contributed by atoms with E-state index in [9.17, 15) is 0 Å². The summed E-state index contributed by atoms with van der Waals surface area (Å²) in [5.41, 5.74) is 2.16. The van der Waals surface area contributed by atoms with E-state index in [1.165, 1.54) is 0 Å². The Balaban J connectivity index is 1.19. The Hall–Kier alpha value is -1.88. The Morgan fingerprint density at radius 1 is 0.818 bits per heavy atom. The lowest BCUT2D eigenvalue weighted by molar-refractivity contribution is 0.0329. The number of hydrogen-bond donors (Lipinski definition) is 2. The summed E-state index contributed by atoms with van der Waals surface area (Å²) in [5, 5.41) is 28.2. The molecular weight excluding hydrogens is 584 g/mol. The van der Waals surface area contributed by atoms with Gasteiger partial charge >= 0.3 is 0 Å². The van der Waals surface area contributed by atoms with Gasteiger partial charge in [-0.3, -0.25) is 0 Å². The molecule has 0 bridgehead atoms. The van der Waals surface area contributed by atoms with Crippen LogP contribution in [0.25, 0.3) is 0 Å². The van der Waals surface area contributed by atoms with Crippen molar-refractivity contribution in [3.63, 3.8) is 0 Å². The first-order chi connectivity index (χ1) is 15.9. The zero-order chi connectivity index (χ0) is 23.0. The van der Waals surface area contributed by atoms with Crippen LogP contribution in [-0.2, 0) is 6.42 Å². The molecule has 2 aromatic heterocycles. The summed E-state index contributed by atoms with van der Waals surface area (Å²) >= 11 is 10.2. The number of hydrogen-bond acceptors (Lipinski definition) is 8. The molecule has 0 radical (unpaired) electrons. The molecule has 5 rings (SSSR count). The van der Waals surface area contributed by atoms with Gasteiger partial charge in [0.1, 0.15) is 10.0 Å². The molecule has 33 heavy (non-hydrogen) atoms. The lowest BCUT2D eigenvalue weighted by Gasteiger charge is -2.51. The fraction of sp³-hybridized carbons (Fsp3) is 0.304. The van der Waals surface area contributed by atoms with Gasteiger partial charge in [-0.25, -0.2) is 0 Å². The zero-order valence-corrected chi connectivity index (χ0v) is 22.9. The zero-order valence-electron chi connectivity index (χ0n) is 18.0. The first-order valence-electron chi connectivity index (χ1n) is 10.6. The highest BCUT2D eigenvalue weighted by Gasteiger charge is 2.50. The molecule has 1 saturated carbocycles. The Morgan fingerprint density at radius 2 is 1.36 bits per heavy atom. The minimum Gasteiger partial charge on any atom is -0.330 e. The summed E-state index contributed by atoms with van der Waals surface area (Å²) in [4.78, 5) is 0. The molecule has 2 aromatic carbocycles. The van der Waals surface area contributed by atoms with Crippen molar-refractivity contribution in [3.8, 4) is 0 Å². The number of rotatable bonds is 7. The quantitative estimate of drug-likeness (QED) is 0.224. The summed E-state index contributed by atoms with van der Waals surface area (Å²) in [6.45, 7) is 4.66. The Labute approximate surface area is 217 Å². The fourth-order valence-corrected chi connectivity index (χ4v) is 6.56. The highest BCUT2D eigenvalue weighted by atomic mass is 79.9. The Bertz CT molecular complexity index is 1240. The van der Waals surface area contributed by atoms with E-state index in [0.29, 0.717) is 11.8 Å². The van der Waals surface area contributed by atoms with Crippen molar-refractivity contribution < 1.29 is 0 Å². The molecule has 2 heterocycles. The SMILES string of the molecule is CC1(C)C(Cc2nnc(Nc3ccc(Br)cc3)s2)CC1c1nnc(Nc2ccc(Br)cc2)s1. The molecule has 170 valence electrons. The van der Waals surface area contributed by atoms with Gasteiger partial charge in [-0.2, -0.15) is 0 Å². The smallest absolute Gasteiger partial charge is 0.210 e. The monoisotopic (exact) mass is 604 g/mol. The van der Waals surface area contributed by atoms with Gasteiger partial charge in [0.25, 0.3) is 0 Å². The molecular formula is C23H22Br2N6S2. The fourth-order valence-electron chi connectivity index (χ4n) is 4.12. The van der Waals surface area contributed by atoms with E-state index < -0.39 is 0 Å². The van der Waals surface area contributed by atoms with Gasteiger partial charge in [0, 0.05) is 32.7 Å². The topological polar surface area (TPSA) is 75.6 Å². The molecule has 0 spiro atoms. The van der Waals surface area contributed by atoms with Crippen molar-refractivity contribution >= 4 is 76.2 Å². The van der Waals surface area contributed by atoms with Crippen LogP contribution in [-0.4, -0.2) is 20.4 Å². The van der Waals surface area contributed by atoms with Gasteiger partial charge < -0.3 is 10.6 Å². The van der Waals surface area contributed by atoms with Crippen LogP contribution >= 0.6 is 54.5 Å². The van der Waals surface area contributed by atoms with Crippen molar-refractivity contribution in [3.05, 3.63) is 67.5 Å². The minimum absolute atomic E-state index is 0.138. The number of aromatic nitrogens is 4. The van der Waals surface area contributed by atoms with Crippen LogP contribution in [0.1, 0.15) is 36.2 Å². The molecule has 1 aliphatic carbocycles. The highest BCUT2D eigenvalue weighted by Crippen LogP contribution is 2.58. The largest absolute Gasteiger partial charge is 0.330 e. The van der Waals surface area contributed by atoms with E-state index in [-0.39, 0.29) is 5.41 Å². The number of halogens is 2. The van der Waals surface area contributed by atoms with Crippen LogP contribution < -0.4 is 10.6 Å². The van der Waals surface area contributed by atoms with Crippen molar-refractivity contribution in [1.82, 2.24) is 20.4 Å². The average Bonchev–Trinajstić information content (AvgIpc) is 3.43. The van der Waals surface area contributed by atoms with Crippen LogP contribution in [0, 0.1) is 11.3 Å². The molecule has 10 heteroatoms. The van der Waals surface area contributed by atoms with Crippen LogP contribution in [0.15, 0.2) is 57.5 Å². The summed E-state index contributed by atoms with van der Waals surface area (Å²) in [5.74, 6) is 0.955. The van der Waals surface area contributed by atoms with Crippen LogP contribution in [0.5, 0.6) is 0 Å². The third kappa shape index (κ3) is 5.13. The van der Waals surface area contributed by atoms with E-state index in [1.807, 2.05) is 48.5 Å². The van der Waals surface area contributed by atoms with E-state index in [4.69, 9.17) is 0 Å². The van der Waals surface area contributed by atoms with Crippen LogP contribution in [0.3, 0.4) is 0 Å². The first-order valence-corrected chi connectivity index (χ1v) is 13.8. The number of nitrogens with one attached hydrogen (secondary N) is 2. The predicted molar refractivity (Wildman–Crippen MR) is 143 cm³/mol. The third-order valence-electron chi connectivity index (χ3n) is 6.29. The summed E-state index contributed by atoms with van der Waals surface area (Å²) < 4.78 is 2.11. The van der Waals surface area contributed by atoms with Crippen LogP contribution in [0.4, 0.5) is 21.6 Å². The average molecular weight is 606 g/mol. The molecule has 0 saturated heterocycles. The highest BCUT2D eigenvalue weighted by molar-refractivity contribution is 9.10. The first kappa shape index (κ1) is 22.9. The maximum atomic E-state index is 4.50. The normalized spacial score (nSPS) is 19.2. The predicted octanol–water partition coefficient (Wildman–Crippen LogP) is 7.77. The standard InChI is InChI=1S/C23H22Br2N6S2/c1-23(2)13(12-19-28-30-21(32-19)26-16-7-3-14(24)4-8-16)11-18(23)20-29-31-22(33-20)27-17-9-5-15(25)6-10-17/h3-10,13,18H,11-12H2,1-2H3,(H,26,30)(H,27,31). The van der Waals surface area contributed by atoms with Gasteiger partial charge in [0.2, 0.25) is 10.3 Å². The second-order valence-electron chi connectivity index (χ2n) is 8.72. The second-order valence-corrected chi connectivity index (χ2v) is 12.6. The lowest BCUT2D eigenvalue weighted by Crippen LogP contribution is -2.44.